The first-order valence-corrected chi connectivity index (χ1v) is 12.4. The molecule has 0 amide bonds. The number of ether oxygens (including phenoxy) is 4. The van der Waals surface area contributed by atoms with Crippen molar-refractivity contribution < 1.29 is 22.6 Å². The highest BCUT2D eigenvalue weighted by Gasteiger charge is 2.06. The maximum atomic E-state index is 5.64. The van der Waals surface area contributed by atoms with Crippen molar-refractivity contribution >= 4 is 24.1 Å². The quantitative estimate of drug-likeness (QED) is 0.210. The van der Waals surface area contributed by atoms with Crippen LogP contribution in [0.25, 0.3) is 0 Å². The Bertz CT molecular complexity index is 706. The van der Waals surface area contributed by atoms with Gasteiger partial charge in [-0.15, -0.1) is 0 Å². The third kappa shape index (κ3) is 9.13. The van der Waals surface area contributed by atoms with Crippen LogP contribution in [0.5, 0.6) is 23.0 Å². The first-order chi connectivity index (χ1) is 15.2. The molecule has 0 atom stereocenters. The number of rotatable bonds is 16. The average molecular weight is 467 g/mol. The highest BCUT2D eigenvalue weighted by molar-refractivity contribution is 8.07. The molecule has 2 rings (SSSR count). The van der Waals surface area contributed by atoms with Gasteiger partial charge in [0.2, 0.25) is 0 Å². The minimum atomic E-state index is 0.870. The molecule has 0 saturated carbocycles. The SMILES string of the molecule is COc1ccc(OC)c(CCCCSOSCCCCc2cc(OC)ccc2OC)c1. The fourth-order valence-electron chi connectivity index (χ4n) is 3.21. The molecule has 2 aromatic carbocycles. The van der Waals surface area contributed by atoms with Crippen molar-refractivity contribution in [2.45, 2.75) is 38.5 Å². The van der Waals surface area contributed by atoms with Crippen LogP contribution in [-0.2, 0) is 16.5 Å². The maximum Gasteiger partial charge on any atom is 0.122 e. The second kappa shape index (κ2) is 15.2. The first kappa shape index (κ1) is 25.6. The minimum Gasteiger partial charge on any atom is -0.497 e. The van der Waals surface area contributed by atoms with Gasteiger partial charge in [-0.1, -0.05) is 0 Å². The minimum absolute atomic E-state index is 0.870. The van der Waals surface area contributed by atoms with Gasteiger partial charge in [-0.05, 0) is 86.1 Å². The van der Waals surface area contributed by atoms with E-state index in [0.717, 1.165) is 73.0 Å². The molecule has 31 heavy (non-hydrogen) atoms. The smallest absolute Gasteiger partial charge is 0.122 e. The largest absolute Gasteiger partial charge is 0.497 e. The van der Waals surface area contributed by atoms with Crippen molar-refractivity contribution in [3.05, 3.63) is 47.5 Å². The topological polar surface area (TPSA) is 46.2 Å². The molecule has 0 aliphatic heterocycles. The van der Waals surface area contributed by atoms with Gasteiger partial charge in [0.1, 0.15) is 23.0 Å². The molecule has 7 heteroatoms. The molecular weight excluding hydrogens is 432 g/mol. The van der Waals surface area contributed by atoms with Crippen LogP contribution in [0.1, 0.15) is 36.8 Å². The molecule has 172 valence electrons. The molecule has 0 fully saturated rings. The lowest BCUT2D eigenvalue weighted by Crippen LogP contribution is -1.95. The molecule has 0 aliphatic carbocycles. The van der Waals surface area contributed by atoms with Crippen molar-refractivity contribution in [2.24, 2.45) is 0 Å². The molecule has 5 nitrogen and oxygen atoms in total. The van der Waals surface area contributed by atoms with Crippen molar-refractivity contribution in [3.63, 3.8) is 0 Å². The normalized spacial score (nSPS) is 10.7. The van der Waals surface area contributed by atoms with Gasteiger partial charge in [-0.25, -0.2) is 3.63 Å². The van der Waals surface area contributed by atoms with Crippen LogP contribution in [0, 0.1) is 0 Å². The van der Waals surface area contributed by atoms with E-state index in [-0.39, 0.29) is 0 Å². The Kier molecular flexibility index (Phi) is 12.5. The van der Waals surface area contributed by atoms with Gasteiger partial charge < -0.3 is 18.9 Å². The molecule has 0 aromatic heterocycles. The van der Waals surface area contributed by atoms with Gasteiger partial charge >= 0.3 is 0 Å². The van der Waals surface area contributed by atoms with Crippen molar-refractivity contribution in [2.75, 3.05) is 39.9 Å². The van der Waals surface area contributed by atoms with Crippen LogP contribution in [0.15, 0.2) is 36.4 Å². The third-order valence-corrected chi connectivity index (χ3v) is 6.60. The Morgan fingerprint density at radius 1 is 0.581 bits per heavy atom. The molecule has 0 heterocycles. The molecule has 0 radical (unpaired) electrons. The van der Waals surface area contributed by atoms with E-state index in [1.165, 1.54) is 11.1 Å². The highest BCUT2D eigenvalue weighted by Crippen LogP contribution is 2.27. The number of hydrogen-bond donors (Lipinski definition) is 0. The van der Waals surface area contributed by atoms with E-state index in [4.69, 9.17) is 22.6 Å². The van der Waals surface area contributed by atoms with Crippen molar-refractivity contribution in [1.82, 2.24) is 0 Å². The number of hydrogen-bond acceptors (Lipinski definition) is 7. The van der Waals surface area contributed by atoms with Crippen LogP contribution in [0.3, 0.4) is 0 Å². The van der Waals surface area contributed by atoms with E-state index in [1.807, 2.05) is 24.3 Å². The van der Waals surface area contributed by atoms with Gasteiger partial charge in [0.25, 0.3) is 0 Å². The van der Waals surface area contributed by atoms with E-state index in [1.54, 1.807) is 52.5 Å². The zero-order chi connectivity index (χ0) is 22.3. The summed E-state index contributed by atoms with van der Waals surface area (Å²) < 4.78 is 27.1. The average Bonchev–Trinajstić information content (AvgIpc) is 2.82. The zero-order valence-electron chi connectivity index (χ0n) is 19.0. The summed E-state index contributed by atoms with van der Waals surface area (Å²) in [5.74, 6) is 5.56. The van der Waals surface area contributed by atoms with E-state index in [0.29, 0.717) is 0 Å². The van der Waals surface area contributed by atoms with Gasteiger partial charge in [0.05, 0.1) is 28.4 Å². The number of benzene rings is 2. The summed E-state index contributed by atoms with van der Waals surface area (Å²) in [7, 11) is 6.79. The Hall–Kier alpha value is -1.70. The summed E-state index contributed by atoms with van der Waals surface area (Å²) in [6.07, 6.45) is 6.33. The maximum absolute atomic E-state index is 5.64. The molecule has 0 saturated heterocycles. The van der Waals surface area contributed by atoms with Crippen LogP contribution >= 0.6 is 24.1 Å². The summed E-state index contributed by atoms with van der Waals surface area (Å²) in [6, 6.07) is 11.9. The summed E-state index contributed by atoms with van der Waals surface area (Å²) in [6.45, 7) is 0. The summed E-state index contributed by atoms with van der Waals surface area (Å²) >= 11 is 3.08. The predicted molar refractivity (Wildman–Crippen MR) is 131 cm³/mol. The first-order valence-electron chi connectivity index (χ1n) is 10.5. The molecular formula is C24H34O5S2. The van der Waals surface area contributed by atoms with Gasteiger partial charge in [0.15, 0.2) is 0 Å². The standard InChI is InChI=1S/C24H34O5S2/c1-25-21-11-13-23(27-3)19(17-21)9-5-7-15-30-29-31-16-8-6-10-20-18-22(26-2)12-14-24(20)28-4/h11-14,17-18H,5-10,15-16H2,1-4H3. The lowest BCUT2D eigenvalue weighted by Gasteiger charge is -2.10. The van der Waals surface area contributed by atoms with E-state index in [9.17, 15) is 0 Å². The number of aryl methyl sites for hydroxylation is 2. The number of methoxy groups -OCH3 is 4. The predicted octanol–water partition coefficient (Wildman–Crippen LogP) is 6.38. The highest BCUT2D eigenvalue weighted by atomic mass is 32.2. The van der Waals surface area contributed by atoms with Crippen LogP contribution in [0.4, 0.5) is 0 Å². The summed E-state index contributed by atoms with van der Waals surface area (Å²) in [4.78, 5) is 0. The van der Waals surface area contributed by atoms with Crippen molar-refractivity contribution in [1.29, 1.82) is 0 Å². The van der Waals surface area contributed by atoms with E-state index >= 15 is 0 Å². The summed E-state index contributed by atoms with van der Waals surface area (Å²) in [5.41, 5.74) is 2.38. The fourth-order valence-corrected chi connectivity index (χ4v) is 4.67. The van der Waals surface area contributed by atoms with Crippen LogP contribution in [-0.4, -0.2) is 39.9 Å². The monoisotopic (exact) mass is 466 g/mol. The van der Waals surface area contributed by atoms with Gasteiger partial charge in [-0.2, -0.15) is 0 Å². The third-order valence-electron chi connectivity index (χ3n) is 4.92. The Balaban J connectivity index is 1.52. The molecule has 0 spiro atoms. The molecule has 0 N–H and O–H groups in total. The Labute approximate surface area is 195 Å². The molecule has 2 aromatic rings. The molecule has 0 unspecified atom stereocenters. The van der Waals surface area contributed by atoms with Crippen LogP contribution in [0.2, 0.25) is 0 Å². The fraction of sp³-hybridized carbons (Fsp3) is 0.500. The van der Waals surface area contributed by atoms with E-state index in [2.05, 4.69) is 12.1 Å². The van der Waals surface area contributed by atoms with Gasteiger partial charge in [-0.3, -0.25) is 0 Å². The second-order valence-electron chi connectivity index (χ2n) is 6.98. The Morgan fingerprint density at radius 3 is 1.42 bits per heavy atom. The van der Waals surface area contributed by atoms with Crippen LogP contribution < -0.4 is 18.9 Å². The Morgan fingerprint density at radius 2 is 1.03 bits per heavy atom. The molecule has 0 bridgehead atoms. The van der Waals surface area contributed by atoms with E-state index < -0.39 is 0 Å². The van der Waals surface area contributed by atoms with Crippen molar-refractivity contribution in [3.8, 4) is 23.0 Å². The lowest BCUT2D eigenvalue weighted by atomic mass is 10.1. The second-order valence-corrected chi connectivity index (χ2v) is 8.81. The zero-order valence-corrected chi connectivity index (χ0v) is 20.6. The summed E-state index contributed by atoms with van der Waals surface area (Å²) in [5, 5.41) is 0. The van der Waals surface area contributed by atoms with Gasteiger partial charge in [0, 0.05) is 35.6 Å². The number of unbranched alkanes of at least 4 members (excludes halogenated alkanes) is 2. The molecule has 0 aliphatic rings. The lowest BCUT2D eigenvalue weighted by molar-refractivity contribution is 0.398.